The highest BCUT2D eigenvalue weighted by molar-refractivity contribution is 7.98. The maximum atomic E-state index is 8.94. The van der Waals surface area contributed by atoms with Crippen molar-refractivity contribution >= 4 is 11.8 Å². The minimum absolute atomic E-state index is 0.502. The SMILES string of the molecule is CSCC(C)N(C)Cc1cccnc1C#N. The summed E-state index contributed by atoms with van der Waals surface area (Å²) in [5.41, 5.74) is 1.53. The van der Waals surface area contributed by atoms with Gasteiger partial charge < -0.3 is 0 Å². The van der Waals surface area contributed by atoms with Crippen LogP contribution in [-0.4, -0.2) is 35.0 Å². The number of rotatable bonds is 5. The fourth-order valence-corrected chi connectivity index (χ4v) is 2.20. The maximum absolute atomic E-state index is 8.94. The zero-order chi connectivity index (χ0) is 12.0. The Kier molecular flexibility index (Phi) is 5.30. The van der Waals surface area contributed by atoms with Crippen molar-refractivity contribution in [1.82, 2.24) is 9.88 Å². The van der Waals surface area contributed by atoms with Gasteiger partial charge >= 0.3 is 0 Å². The number of hydrogen-bond donors (Lipinski definition) is 0. The van der Waals surface area contributed by atoms with Crippen LogP contribution >= 0.6 is 11.8 Å². The van der Waals surface area contributed by atoms with Gasteiger partial charge in [0.05, 0.1) is 0 Å². The van der Waals surface area contributed by atoms with Crippen LogP contribution in [0.15, 0.2) is 18.3 Å². The predicted octanol–water partition coefficient (Wildman–Crippen LogP) is 2.14. The molecule has 1 heterocycles. The van der Waals surface area contributed by atoms with Crippen LogP contribution < -0.4 is 0 Å². The van der Waals surface area contributed by atoms with Gasteiger partial charge in [-0.2, -0.15) is 17.0 Å². The molecule has 0 saturated carbocycles. The lowest BCUT2D eigenvalue weighted by molar-refractivity contribution is 0.269. The molecule has 0 fully saturated rings. The van der Waals surface area contributed by atoms with Gasteiger partial charge in [0, 0.05) is 30.1 Å². The number of hydrogen-bond acceptors (Lipinski definition) is 4. The summed E-state index contributed by atoms with van der Waals surface area (Å²) < 4.78 is 0. The average molecular weight is 235 g/mol. The molecule has 0 radical (unpaired) electrons. The molecule has 1 aromatic heterocycles. The fourth-order valence-electron chi connectivity index (χ4n) is 1.46. The molecule has 0 aliphatic rings. The van der Waals surface area contributed by atoms with Crippen molar-refractivity contribution in [1.29, 1.82) is 5.26 Å². The van der Waals surface area contributed by atoms with E-state index in [0.717, 1.165) is 17.9 Å². The van der Waals surface area contributed by atoms with Crippen molar-refractivity contribution in [2.75, 3.05) is 19.1 Å². The van der Waals surface area contributed by atoms with Crippen molar-refractivity contribution in [3.63, 3.8) is 0 Å². The Morgan fingerprint density at radius 3 is 3.00 bits per heavy atom. The van der Waals surface area contributed by atoms with Crippen LogP contribution in [-0.2, 0) is 6.54 Å². The highest BCUT2D eigenvalue weighted by atomic mass is 32.2. The van der Waals surface area contributed by atoms with Crippen LogP contribution in [0.2, 0.25) is 0 Å². The summed E-state index contributed by atoms with van der Waals surface area (Å²) in [4.78, 5) is 6.31. The molecule has 0 aliphatic carbocycles. The third kappa shape index (κ3) is 3.51. The number of thioether (sulfide) groups is 1. The van der Waals surface area contributed by atoms with E-state index in [1.807, 2.05) is 23.9 Å². The van der Waals surface area contributed by atoms with Crippen molar-refractivity contribution < 1.29 is 0 Å². The summed E-state index contributed by atoms with van der Waals surface area (Å²) in [5.74, 6) is 1.10. The van der Waals surface area contributed by atoms with Gasteiger partial charge in [-0.05, 0) is 26.3 Å². The van der Waals surface area contributed by atoms with Crippen LogP contribution in [0.4, 0.5) is 0 Å². The van der Waals surface area contributed by atoms with Gasteiger partial charge in [0.1, 0.15) is 11.8 Å². The van der Waals surface area contributed by atoms with Gasteiger partial charge in [-0.1, -0.05) is 6.07 Å². The van der Waals surface area contributed by atoms with E-state index >= 15 is 0 Å². The monoisotopic (exact) mass is 235 g/mol. The summed E-state index contributed by atoms with van der Waals surface area (Å²) in [7, 11) is 2.08. The first-order valence-corrected chi connectivity index (χ1v) is 6.61. The van der Waals surface area contributed by atoms with Crippen molar-refractivity contribution in [2.45, 2.75) is 19.5 Å². The molecule has 1 aromatic rings. The zero-order valence-corrected chi connectivity index (χ0v) is 10.8. The van der Waals surface area contributed by atoms with Gasteiger partial charge in [-0.3, -0.25) is 4.90 Å². The predicted molar refractivity (Wildman–Crippen MR) is 68.3 cm³/mol. The largest absolute Gasteiger partial charge is 0.299 e. The Labute approximate surface area is 101 Å². The topological polar surface area (TPSA) is 39.9 Å². The summed E-state index contributed by atoms with van der Waals surface area (Å²) >= 11 is 1.84. The van der Waals surface area contributed by atoms with E-state index in [1.54, 1.807) is 6.20 Å². The first kappa shape index (κ1) is 13.0. The summed E-state index contributed by atoms with van der Waals surface area (Å²) in [5, 5.41) is 8.94. The third-order valence-electron chi connectivity index (χ3n) is 2.58. The van der Waals surface area contributed by atoms with E-state index in [-0.39, 0.29) is 0 Å². The van der Waals surface area contributed by atoms with Gasteiger partial charge in [0.15, 0.2) is 0 Å². The second-order valence-corrected chi connectivity index (χ2v) is 4.75. The van der Waals surface area contributed by atoms with E-state index in [0.29, 0.717) is 11.7 Å². The quantitative estimate of drug-likeness (QED) is 0.784. The second kappa shape index (κ2) is 6.51. The number of nitriles is 1. The smallest absolute Gasteiger partial charge is 0.144 e. The number of pyridine rings is 1. The van der Waals surface area contributed by atoms with Gasteiger partial charge in [0.25, 0.3) is 0 Å². The molecule has 16 heavy (non-hydrogen) atoms. The molecule has 1 rings (SSSR count). The van der Waals surface area contributed by atoms with Crippen molar-refractivity contribution in [3.05, 3.63) is 29.6 Å². The first-order chi connectivity index (χ1) is 7.69. The normalized spacial score (nSPS) is 12.4. The molecule has 0 aliphatic heterocycles. The Balaban J connectivity index is 2.69. The van der Waals surface area contributed by atoms with E-state index in [1.165, 1.54) is 0 Å². The molecule has 0 spiro atoms. The molecular weight excluding hydrogens is 218 g/mol. The summed E-state index contributed by atoms with van der Waals surface area (Å²) in [6, 6.07) is 6.47. The fraction of sp³-hybridized carbons (Fsp3) is 0.500. The van der Waals surface area contributed by atoms with E-state index in [2.05, 4.69) is 36.2 Å². The Hall–Kier alpha value is -1.05. The van der Waals surface area contributed by atoms with Crippen LogP contribution in [0.5, 0.6) is 0 Å². The van der Waals surface area contributed by atoms with Crippen LogP contribution in [0, 0.1) is 11.3 Å². The Bertz CT molecular complexity index is 373. The molecule has 1 unspecified atom stereocenters. The van der Waals surface area contributed by atoms with Crippen LogP contribution in [0.1, 0.15) is 18.2 Å². The maximum Gasteiger partial charge on any atom is 0.144 e. The van der Waals surface area contributed by atoms with Crippen LogP contribution in [0.3, 0.4) is 0 Å². The average Bonchev–Trinajstić information content (AvgIpc) is 2.30. The molecule has 1 atom stereocenters. The van der Waals surface area contributed by atoms with Crippen molar-refractivity contribution in [3.8, 4) is 6.07 Å². The highest BCUT2D eigenvalue weighted by Crippen LogP contribution is 2.11. The molecule has 0 saturated heterocycles. The molecule has 4 heteroatoms. The van der Waals surface area contributed by atoms with E-state index < -0.39 is 0 Å². The zero-order valence-electron chi connectivity index (χ0n) is 9.97. The first-order valence-electron chi connectivity index (χ1n) is 5.22. The lowest BCUT2D eigenvalue weighted by atomic mass is 10.2. The molecule has 3 nitrogen and oxygen atoms in total. The standard InChI is InChI=1S/C12H17N3S/c1-10(9-16-3)15(2)8-11-5-4-6-14-12(11)7-13/h4-6,10H,8-9H2,1-3H3. The summed E-state index contributed by atoms with van der Waals surface area (Å²) in [6.07, 6.45) is 3.77. The van der Waals surface area contributed by atoms with E-state index in [9.17, 15) is 0 Å². The number of aromatic nitrogens is 1. The third-order valence-corrected chi connectivity index (χ3v) is 3.39. The molecular formula is C12H17N3S. The van der Waals surface area contributed by atoms with Gasteiger partial charge in [-0.25, -0.2) is 4.98 Å². The Morgan fingerprint density at radius 2 is 2.38 bits per heavy atom. The van der Waals surface area contributed by atoms with Gasteiger partial charge in [0.2, 0.25) is 0 Å². The summed E-state index contributed by atoms with van der Waals surface area (Å²) in [6.45, 7) is 2.97. The van der Waals surface area contributed by atoms with Crippen molar-refractivity contribution in [2.24, 2.45) is 0 Å². The molecule has 86 valence electrons. The molecule has 0 bridgehead atoms. The second-order valence-electron chi connectivity index (χ2n) is 3.84. The molecule has 0 amide bonds. The van der Waals surface area contributed by atoms with Crippen LogP contribution in [0.25, 0.3) is 0 Å². The molecule has 0 N–H and O–H groups in total. The molecule has 0 aromatic carbocycles. The lowest BCUT2D eigenvalue weighted by Crippen LogP contribution is -2.30. The highest BCUT2D eigenvalue weighted by Gasteiger charge is 2.11. The van der Waals surface area contributed by atoms with Gasteiger partial charge in [-0.15, -0.1) is 0 Å². The number of nitrogens with zero attached hydrogens (tertiary/aromatic N) is 3. The Morgan fingerprint density at radius 1 is 1.62 bits per heavy atom. The van der Waals surface area contributed by atoms with E-state index in [4.69, 9.17) is 5.26 Å². The minimum Gasteiger partial charge on any atom is -0.299 e. The minimum atomic E-state index is 0.502. The lowest BCUT2D eigenvalue weighted by Gasteiger charge is -2.24.